The van der Waals surface area contributed by atoms with Gasteiger partial charge in [0.15, 0.2) is 0 Å². The molecule has 0 saturated heterocycles. The van der Waals surface area contributed by atoms with E-state index in [-0.39, 0.29) is 12.5 Å². The first-order valence-electron chi connectivity index (χ1n) is 6.69. The van der Waals surface area contributed by atoms with Crippen LogP contribution in [0.25, 0.3) is 0 Å². The van der Waals surface area contributed by atoms with Gasteiger partial charge >= 0.3 is 0 Å². The molecule has 1 rings (SSSR count). The normalized spacial score (nSPS) is 14.8. The third-order valence-electron chi connectivity index (χ3n) is 3.83. The van der Waals surface area contributed by atoms with Gasteiger partial charge in [0, 0.05) is 0 Å². The van der Waals surface area contributed by atoms with Crippen molar-refractivity contribution in [2.45, 2.75) is 44.7 Å². The van der Waals surface area contributed by atoms with Crippen molar-refractivity contribution in [3.63, 3.8) is 0 Å². The van der Waals surface area contributed by atoms with Crippen molar-refractivity contribution in [1.82, 2.24) is 5.32 Å². The molecule has 0 bridgehead atoms. The second-order valence-corrected chi connectivity index (χ2v) is 5.17. The minimum Gasteiger partial charge on any atom is -0.394 e. The fourth-order valence-electron chi connectivity index (χ4n) is 1.96. The number of hydrogen-bond donors (Lipinski definition) is 3. The summed E-state index contributed by atoms with van der Waals surface area (Å²) >= 11 is 0. The average Bonchev–Trinajstić information content (AvgIpc) is 2.47. The first kappa shape index (κ1) is 15.7. The fourth-order valence-corrected chi connectivity index (χ4v) is 1.96. The van der Waals surface area contributed by atoms with E-state index in [1.54, 1.807) is 6.92 Å². The second-order valence-electron chi connectivity index (χ2n) is 5.17. The van der Waals surface area contributed by atoms with E-state index >= 15 is 0 Å². The number of nitrogens with one attached hydrogen (secondary N) is 1. The molecule has 0 aliphatic rings. The van der Waals surface area contributed by atoms with Gasteiger partial charge in [-0.1, -0.05) is 44.2 Å². The van der Waals surface area contributed by atoms with Crippen LogP contribution in [-0.4, -0.2) is 23.2 Å². The first-order chi connectivity index (χ1) is 8.91. The summed E-state index contributed by atoms with van der Waals surface area (Å²) in [5, 5.41) is 12.5. The van der Waals surface area contributed by atoms with Crippen LogP contribution in [0.1, 0.15) is 39.2 Å². The summed E-state index contributed by atoms with van der Waals surface area (Å²) < 4.78 is 0. The molecule has 1 unspecified atom stereocenters. The van der Waals surface area contributed by atoms with Crippen molar-refractivity contribution >= 4 is 5.91 Å². The molecule has 0 spiro atoms. The summed E-state index contributed by atoms with van der Waals surface area (Å²) in [6, 6.07) is 9.42. The monoisotopic (exact) mass is 264 g/mol. The Morgan fingerprint density at radius 2 is 1.79 bits per heavy atom. The number of carbonyl (C=O) groups excluding carboxylic acids is 1. The van der Waals surface area contributed by atoms with Crippen LogP contribution in [0.3, 0.4) is 0 Å². The maximum atomic E-state index is 12.3. The molecule has 0 heterocycles. The summed E-state index contributed by atoms with van der Waals surface area (Å²) in [5.74, 6) is -0.224. The van der Waals surface area contributed by atoms with Crippen LogP contribution in [0, 0.1) is 0 Å². The SMILES string of the molecule is CCC(N)(CC)C(=O)NC(C)(CO)c1ccccc1. The van der Waals surface area contributed by atoms with Crippen LogP contribution < -0.4 is 11.1 Å². The molecule has 4 nitrogen and oxygen atoms in total. The zero-order valence-corrected chi connectivity index (χ0v) is 11.9. The topological polar surface area (TPSA) is 75.4 Å². The van der Waals surface area contributed by atoms with Crippen molar-refractivity contribution in [3.05, 3.63) is 35.9 Å². The van der Waals surface area contributed by atoms with Crippen molar-refractivity contribution < 1.29 is 9.90 Å². The third-order valence-corrected chi connectivity index (χ3v) is 3.83. The van der Waals surface area contributed by atoms with Gasteiger partial charge in [-0.15, -0.1) is 0 Å². The van der Waals surface area contributed by atoms with E-state index in [9.17, 15) is 9.90 Å². The standard InChI is InChI=1S/C15H24N2O2/c1-4-15(16,5-2)13(19)17-14(3,11-18)12-9-7-6-8-10-12/h6-10,18H,4-5,11,16H2,1-3H3,(H,17,19). The van der Waals surface area contributed by atoms with E-state index in [0.717, 1.165) is 5.56 Å². The zero-order chi connectivity index (χ0) is 14.5. The fraction of sp³-hybridized carbons (Fsp3) is 0.533. The lowest BCUT2D eigenvalue weighted by Gasteiger charge is -2.34. The molecular formula is C15H24N2O2. The number of amides is 1. The van der Waals surface area contributed by atoms with Crippen LogP contribution >= 0.6 is 0 Å². The summed E-state index contributed by atoms with van der Waals surface area (Å²) in [4.78, 5) is 12.3. The van der Waals surface area contributed by atoms with E-state index in [0.29, 0.717) is 12.8 Å². The van der Waals surface area contributed by atoms with Gasteiger partial charge < -0.3 is 16.2 Å². The van der Waals surface area contributed by atoms with E-state index in [1.165, 1.54) is 0 Å². The largest absolute Gasteiger partial charge is 0.394 e. The third kappa shape index (κ3) is 3.33. The Kier molecular flexibility index (Phi) is 5.09. The lowest BCUT2D eigenvalue weighted by molar-refractivity contribution is -0.129. The molecule has 0 aromatic heterocycles. The van der Waals surface area contributed by atoms with E-state index in [2.05, 4.69) is 5.32 Å². The Hall–Kier alpha value is -1.39. The number of benzene rings is 1. The molecular weight excluding hydrogens is 240 g/mol. The Morgan fingerprint density at radius 3 is 2.21 bits per heavy atom. The van der Waals surface area contributed by atoms with Gasteiger partial charge in [0.05, 0.1) is 17.7 Å². The van der Waals surface area contributed by atoms with Crippen LogP contribution in [0.2, 0.25) is 0 Å². The predicted molar refractivity (Wildman–Crippen MR) is 76.5 cm³/mol. The van der Waals surface area contributed by atoms with Crippen molar-refractivity contribution in [1.29, 1.82) is 0 Å². The molecule has 4 N–H and O–H groups in total. The molecule has 0 fully saturated rings. The molecule has 1 atom stereocenters. The van der Waals surface area contributed by atoms with Crippen LogP contribution in [0.5, 0.6) is 0 Å². The molecule has 0 aliphatic carbocycles. The highest BCUT2D eigenvalue weighted by atomic mass is 16.3. The van der Waals surface area contributed by atoms with Gasteiger partial charge in [-0.25, -0.2) is 0 Å². The Balaban J connectivity index is 2.97. The second kappa shape index (κ2) is 6.17. The average molecular weight is 264 g/mol. The number of rotatable bonds is 6. The molecule has 1 aromatic rings. The highest BCUT2D eigenvalue weighted by Gasteiger charge is 2.36. The number of hydrogen-bond acceptors (Lipinski definition) is 3. The maximum absolute atomic E-state index is 12.3. The number of carbonyl (C=O) groups is 1. The molecule has 1 aromatic carbocycles. The molecule has 106 valence electrons. The van der Waals surface area contributed by atoms with Crippen LogP contribution in [0.15, 0.2) is 30.3 Å². The van der Waals surface area contributed by atoms with Gasteiger partial charge in [-0.05, 0) is 25.3 Å². The van der Waals surface area contributed by atoms with E-state index < -0.39 is 11.1 Å². The molecule has 0 saturated carbocycles. The molecule has 0 radical (unpaired) electrons. The van der Waals surface area contributed by atoms with E-state index in [1.807, 2.05) is 44.2 Å². The highest BCUT2D eigenvalue weighted by Crippen LogP contribution is 2.22. The molecule has 19 heavy (non-hydrogen) atoms. The van der Waals surface area contributed by atoms with Gasteiger partial charge in [0.1, 0.15) is 0 Å². The Morgan fingerprint density at radius 1 is 1.26 bits per heavy atom. The summed E-state index contributed by atoms with van der Waals surface area (Å²) in [7, 11) is 0. The predicted octanol–water partition coefficient (Wildman–Crippen LogP) is 1.53. The van der Waals surface area contributed by atoms with Gasteiger partial charge in [-0.2, -0.15) is 0 Å². The smallest absolute Gasteiger partial charge is 0.240 e. The van der Waals surface area contributed by atoms with Crippen molar-refractivity contribution in [2.24, 2.45) is 5.73 Å². The Bertz CT molecular complexity index is 415. The number of aliphatic hydroxyl groups is 1. The summed E-state index contributed by atoms with van der Waals surface area (Å²) in [6.45, 7) is 5.40. The highest BCUT2D eigenvalue weighted by molar-refractivity contribution is 5.86. The molecule has 4 heteroatoms. The molecule has 0 aliphatic heterocycles. The Labute approximate surface area is 115 Å². The zero-order valence-electron chi connectivity index (χ0n) is 11.9. The van der Waals surface area contributed by atoms with Gasteiger partial charge in [0.2, 0.25) is 5.91 Å². The quantitative estimate of drug-likeness (QED) is 0.729. The van der Waals surface area contributed by atoms with Crippen molar-refractivity contribution in [2.75, 3.05) is 6.61 Å². The number of aliphatic hydroxyl groups excluding tert-OH is 1. The first-order valence-corrected chi connectivity index (χ1v) is 6.69. The van der Waals surface area contributed by atoms with Crippen molar-refractivity contribution in [3.8, 4) is 0 Å². The van der Waals surface area contributed by atoms with Crippen LogP contribution in [-0.2, 0) is 10.3 Å². The minimum absolute atomic E-state index is 0.174. The molecule has 1 amide bonds. The van der Waals surface area contributed by atoms with Gasteiger partial charge in [-0.3, -0.25) is 4.79 Å². The van der Waals surface area contributed by atoms with Gasteiger partial charge in [0.25, 0.3) is 0 Å². The number of nitrogens with two attached hydrogens (primary N) is 1. The maximum Gasteiger partial charge on any atom is 0.240 e. The lowest BCUT2D eigenvalue weighted by atomic mass is 9.88. The minimum atomic E-state index is -0.884. The van der Waals surface area contributed by atoms with Crippen LogP contribution in [0.4, 0.5) is 0 Å². The summed E-state index contributed by atoms with van der Waals surface area (Å²) in [5.41, 5.74) is 5.25. The summed E-state index contributed by atoms with van der Waals surface area (Å²) in [6.07, 6.45) is 1.12. The van der Waals surface area contributed by atoms with E-state index in [4.69, 9.17) is 5.73 Å². The lowest BCUT2D eigenvalue weighted by Crippen LogP contribution is -2.59.